The summed E-state index contributed by atoms with van der Waals surface area (Å²) in [4.78, 5) is 34.1. The predicted molar refractivity (Wildman–Crippen MR) is 75.2 cm³/mol. The quantitative estimate of drug-likeness (QED) is 0.860. The highest BCUT2D eigenvalue weighted by Gasteiger charge is 2.12. The molecule has 2 rings (SSSR count). The standard InChI is InChI=1S/C14H13N3O4/c1-17-12(18)7-6-11(16-17)14(21)15-10-5-3-2-4-9(10)8-13(19)20/h2-7H,8H2,1H3,(H,15,21)(H,19,20). The molecule has 21 heavy (non-hydrogen) atoms. The molecule has 7 heteroatoms. The van der Waals surface area contributed by atoms with E-state index in [2.05, 4.69) is 10.4 Å². The highest BCUT2D eigenvalue weighted by atomic mass is 16.4. The van der Waals surface area contributed by atoms with Crippen molar-refractivity contribution in [3.05, 3.63) is 58.0 Å². The number of carboxylic acid groups (broad SMARTS) is 1. The molecule has 0 fully saturated rings. The number of carbonyl (C=O) groups is 2. The summed E-state index contributed by atoms with van der Waals surface area (Å²) in [7, 11) is 1.44. The van der Waals surface area contributed by atoms with Gasteiger partial charge in [-0.25, -0.2) is 4.68 Å². The van der Waals surface area contributed by atoms with Crippen molar-refractivity contribution in [3.63, 3.8) is 0 Å². The van der Waals surface area contributed by atoms with Crippen molar-refractivity contribution in [1.82, 2.24) is 9.78 Å². The second-order valence-corrected chi connectivity index (χ2v) is 4.36. The van der Waals surface area contributed by atoms with Gasteiger partial charge < -0.3 is 10.4 Å². The van der Waals surface area contributed by atoms with Gasteiger partial charge in [-0.05, 0) is 17.7 Å². The van der Waals surface area contributed by atoms with E-state index in [1.54, 1.807) is 24.3 Å². The summed E-state index contributed by atoms with van der Waals surface area (Å²) in [5.41, 5.74) is 0.642. The van der Waals surface area contributed by atoms with Gasteiger partial charge in [0.15, 0.2) is 0 Å². The van der Waals surface area contributed by atoms with Crippen molar-refractivity contribution in [1.29, 1.82) is 0 Å². The molecule has 2 N–H and O–H groups in total. The van der Waals surface area contributed by atoms with Gasteiger partial charge >= 0.3 is 5.97 Å². The summed E-state index contributed by atoms with van der Waals surface area (Å²) >= 11 is 0. The number of aromatic nitrogens is 2. The molecule has 0 aliphatic heterocycles. The fourth-order valence-electron chi connectivity index (χ4n) is 1.77. The Labute approximate surface area is 119 Å². The van der Waals surface area contributed by atoms with Crippen LogP contribution >= 0.6 is 0 Å². The van der Waals surface area contributed by atoms with E-state index in [0.717, 1.165) is 4.68 Å². The van der Waals surface area contributed by atoms with Crippen LogP contribution in [0.1, 0.15) is 16.1 Å². The molecular formula is C14H13N3O4. The summed E-state index contributed by atoms with van der Waals surface area (Å²) in [6, 6.07) is 9.17. The zero-order chi connectivity index (χ0) is 15.4. The molecule has 0 unspecified atom stereocenters. The Hall–Kier alpha value is -2.96. The van der Waals surface area contributed by atoms with Crippen molar-refractivity contribution < 1.29 is 14.7 Å². The van der Waals surface area contributed by atoms with E-state index in [1.165, 1.54) is 19.2 Å². The van der Waals surface area contributed by atoms with Crippen LogP contribution in [0.4, 0.5) is 5.69 Å². The second-order valence-electron chi connectivity index (χ2n) is 4.36. The average Bonchev–Trinajstić information content (AvgIpc) is 2.43. The van der Waals surface area contributed by atoms with Crippen LogP contribution in [0, 0.1) is 0 Å². The van der Waals surface area contributed by atoms with E-state index < -0.39 is 11.9 Å². The number of aliphatic carboxylic acids is 1. The molecule has 1 aromatic carbocycles. The molecule has 0 aliphatic rings. The SMILES string of the molecule is Cn1nc(C(=O)Nc2ccccc2CC(=O)O)ccc1=O. The van der Waals surface area contributed by atoms with Crippen molar-refractivity contribution in [2.45, 2.75) is 6.42 Å². The molecule has 0 bridgehead atoms. The smallest absolute Gasteiger partial charge is 0.307 e. The predicted octanol–water partition coefficient (Wildman–Crippen LogP) is 0.660. The maximum atomic E-state index is 12.1. The van der Waals surface area contributed by atoms with Gasteiger partial charge in [0.2, 0.25) is 0 Å². The van der Waals surface area contributed by atoms with Crippen LogP contribution in [0.25, 0.3) is 0 Å². The lowest BCUT2D eigenvalue weighted by Crippen LogP contribution is -2.24. The first-order valence-electron chi connectivity index (χ1n) is 6.13. The van der Waals surface area contributed by atoms with Crippen LogP contribution in [0.5, 0.6) is 0 Å². The van der Waals surface area contributed by atoms with Crippen LogP contribution in [-0.2, 0) is 18.3 Å². The lowest BCUT2D eigenvalue weighted by atomic mass is 10.1. The molecule has 0 saturated carbocycles. The van der Waals surface area contributed by atoms with E-state index in [4.69, 9.17) is 5.11 Å². The molecule has 0 aliphatic carbocycles. The molecule has 0 spiro atoms. The Morgan fingerprint density at radius 1 is 1.24 bits per heavy atom. The fourth-order valence-corrected chi connectivity index (χ4v) is 1.77. The van der Waals surface area contributed by atoms with Gasteiger partial charge in [-0.1, -0.05) is 18.2 Å². The van der Waals surface area contributed by atoms with E-state index in [0.29, 0.717) is 11.3 Å². The lowest BCUT2D eigenvalue weighted by molar-refractivity contribution is -0.136. The van der Waals surface area contributed by atoms with Gasteiger partial charge in [-0.2, -0.15) is 5.10 Å². The lowest BCUT2D eigenvalue weighted by Gasteiger charge is -2.09. The number of rotatable bonds is 4. The van der Waals surface area contributed by atoms with Crippen LogP contribution in [0.3, 0.4) is 0 Å². The summed E-state index contributed by atoms with van der Waals surface area (Å²) in [6.07, 6.45) is -0.197. The minimum absolute atomic E-state index is 0.0715. The third-order valence-corrected chi connectivity index (χ3v) is 2.80. The van der Waals surface area contributed by atoms with Gasteiger partial charge in [-0.15, -0.1) is 0 Å². The number of carbonyl (C=O) groups excluding carboxylic acids is 1. The number of nitrogens with one attached hydrogen (secondary N) is 1. The molecule has 0 radical (unpaired) electrons. The van der Waals surface area contributed by atoms with Gasteiger partial charge in [-0.3, -0.25) is 14.4 Å². The number of nitrogens with zero attached hydrogens (tertiary/aromatic N) is 2. The number of anilines is 1. The summed E-state index contributed by atoms with van der Waals surface area (Å²) < 4.78 is 1.05. The number of amides is 1. The van der Waals surface area contributed by atoms with E-state index in [-0.39, 0.29) is 17.7 Å². The number of carboxylic acids is 1. The van der Waals surface area contributed by atoms with Crippen LogP contribution in [0.15, 0.2) is 41.2 Å². The van der Waals surface area contributed by atoms with Crippen molar-refractivity contribution in [2.75, 3.05) is 5.32 Å². The van der Waals surface area contributed by atoms with Crippen LogP contribution in [-0.4, -0.2) is 26.8 Å². The molecule has 108 valence electrons. The minimum Gasteiger partial charge on any atom is -0.481 e. The summed E-state index contributed by atoms with van der Waals surface area (Å²) in [6.45, 7) is 0. The molecule has 0 saturated heterocycles. The highest BCUT2D eigenvalue weighted by molar-refractivity contribution is 6.03. The largest absolute Gasteiger partial charge is 0.481 e. The monoisotopic (exact) mass is 287 g/mol. The van der Waals surface area contributed by atoms with Gasteiger partial charge in [0.05, 0.1) is 6.42 Å². The van der Waals surface area contributed by atoms with Crippen LogP contribution in [0.2, 0.25) is 0 Å². The van der Waals surface area contributed by atoms with Gasteiger partial charge in [0.25, 0.3) is 11.5 Å². The second kappa shape index (κ2) is 6.00. The molecule has 7 nitrogen and oxygen atoms in total. The minimum atomic E-state index is -0.989. The number of hydrogen-bond donors (Lipinski definition) is 2. The molecular weight excluding hydrogens is 274 g/mol. The van der Waals surface area contributed by atoms with E-state index >= 15 is 0 Å². The molecule has 1 heterocycles. The Morgan fingerprint density at radius 2 is 1.95 bits per heavy atom. The Kier molecular flexibility index (Phi) is 4.13. The topological polar surface area (TPSA) is 101 Å². The number of hydrogen-bond acceptors (Lipinski definition) is 4. The highest BCUT2D eigenvalue weighted by Crippen LogP contribution is 2.16. The number of benzene rings is 1. The first-order chi connectivity index (χ1) is 9.97. The van der Waals surface area contributed by atoms with Gasteiger partial charge in [0, 0.05) is 18.8 Å². The zero-order valence-electron chi connectivity index (χ0n) is 11.2. The fraction of sp³-hybridized carbons (Fsp3) is 0.143. The first kappa shape index (κ1) is 14.4. The van der Waals surface area contributed by atoms with Crippen molar-refractivity contribution in [3.8, 4) is 0 Å². The third-order valence-electron chi connectivity index (χ3n) is 2.80. The molecule has 1 amide bonds. The first-order valence-corrected chi connectivity index (χ1v) is 6.13. The normalized spacial score (nSPS) is 10.1. The average molecular weight is 287 g/mol. The summed E-state index contributed by atoms with van der Waals surface area (Å²) in [5.74, 6) is -1.50. The Morgan fingerprint density at radius 3 is 2.62 bits per heavy atom. The number of para-hydroxylation sites is 1. The molecule has 1 aromatic heterocycles. The zero-order valence-corrected chi connectivity index (χ0v) is 11.2. The van der Waals surface area contributed by atoms with Gasteiger partial charge in [0.1, 0.15) is 5.69 Å². The van der Waals surface area contributed by atoms with E-state index in [9.17, 15) is 14.4 Å². The Bertz CT molecular complexity index is 752. The van der Waals surface area contributed by atoms with Crippen molar-refractivity contribution in [2.24, 2.45) is 7.05 Å². The number of aryl methyl sites for hydroxylation is 1. The van der Waals surface area contributed by atoms with E-state index in [1.807, 2.05) is 0 Å². The molecule has 0 atom stereocenters. The summed E-state index contributed by atoms with van der Waals surface area (Å²) in [5, 5.41) is 15.3. The third kappa shape index (κ3) is 3.53. The molecule has 2 aromatic rings. The van der Waals surface area contributed by atoms with Crippen molar-refractivity contribution >= 4 is 17.6 Å². The maximum absolute atomic E-state index is 12.1. The maximum Gasteiger partial charge on any atom is 0.307 e. The Balaban J connectivity index is 2.25. The van der Waals surface area contributed by atoms with Crippen LogP contribution < -0.4 is 10.9 Å².